The van der Waals surface area contributed by atoms with Gasteiger partial charge >= 0.3 is 5.97 Å². The monoisotopic (exact) mass is 482 g/mol. The lowest BCUT2D eigenvalue weighted by atomic mass is 10.1. The molecule has 1 heterocycles. The van der Waals surface area contributed by atoms with Crippen molar-refractivity contribution in [3.8, 4) is 0 Å². The Morgan fingerprint density at radius 3 is 2.48 bits per heavy atom. The average molecular weight is 482 g/mol. The number of benzene rings is 1. The van der Waals surface area contributed by atoms with Gasteiger partial charge in [0.15, 0.2) is 6.04 Å². The molecule has 2 N–H and O–H groups in total. The number of hydrogen-bond donors (Lipinski definition) is 2. The van der Waals surface area contributed by atoms with E-state index in [2.05, 4.69) is 27.9 Å². The lowest BCUT2D eigenvalue weighted by Gasteiger charge is -2.18. The minimum absolute atomic E-state index is 0.0226. The second-order valence-electron chi connectivity index (χ2n) is 6.27. The molecule has 0 aliphatic heterocycles. The second kappa shape index (κ2) is 9.68. The molecule has 6 nitrogen and oxygen atoms in total. The zero-order chi connectivity index (χ0) is 20.0. The van der Waals surface area contributed by atoms with Crippen molar-refractivity contribution in [3.63, 3.8) is 0 Å². The Kier molecular flexibility index (Phi) is 7.58. The molecule has 0 aliphatic rings. The van der Waals surface area contributed by atoms with Crippen LogP contribution in [0.1, 0.15) is 53.0 Å². The Bertz CT molecular complexity index is 878. The van der Waals surface area contributed by atoms with Gasteiger partial charge in [0.25, 0.3) is 11.5 Å². The number of rotatable bonds is 8. The summed E-state index contributed by atoms with van der Waals surface area (Å²) in [4.78, 5) is 37.3. The molecule has 2 aromatic rings. The van der Waals surface area contributed by atoms with Crippen molar-refractivity contribution >= 4 is 34.5 Å². The van der Waals surface area contributed by atoms with Crippen LogP contribution >= 0.6 is 22.6 Å². The van der Waals surface area contributed by atoms with Crippen molar-refractivity contribution in [1.82, 2.24) is 9.88 Å². The van der Waals surface area contributed by atoms with Crippen LogP contribution in [0.3, 0.4) is 0 Å². The third kappa shape index (κ3) is 4.97. The molecule has 144 valence electrons. The van der Waals surface area contributed by atoms with Crippen LogP contribution in [-0.4, -0.2) is 21.6 Å². The fraction of sp³-hybridized carbons (Fsp3) is 0.350. The predicted molar refractivity (Wildman–Crippen MR) is 112 cm³/mol. The van der Waals surface area contributed by atoms with Gasteiger partial charge in [0.2, 0.25) is 0 Å². The fourth-order valence-corrected chi connectivity index (χ4v) is 3.61. The molecule has 2 rings (SSSR count). The molecule has 0 aliphatic carbocycles. The van der Waals surface area contributed by atoms with Gasteiger partial charge in [0.05, 0.1) is 0 Å². The van der Waals surface area contributed by atoms with Crippen LogP contribution in [0.2, 0.25) is 0 Å². The first-order valence-electron chi connectivity index (χ1n) is 8.78. The standard InChI is InChI=1S/C20H23IN2O4/c1-3-4-10-23-13(2)15(12-21)11-16(19(23)25)18(24)22-17(20(26)27)14-8-6-5-7-9-14/h5-9,11,17H,3-4,10,12H2,1-2H3,(H,22,24)(H,26,27)/t17-/m0/s1. The Balaban J connectivity index is 2.42. The molecule has 0 unspecified atom stereocenters. The SMILES string of the molecule is CCCCn1c(C)c(CI)cc(C(=O)N[C@H](C(=O)O)c2ccccc2)c1=O. The maximum absolute atomic E-state index is 12.8. The molecule has 27 heavy (non-hydrogen) atoms. The summed E-state index contributed by atoms with van der Waals surface area (Å²) >= 11 is 2.19. The van der Waals surface area contributed by atoms with E-state index in [4.69, 9.17) is 0 Å². The lowest BCUT2D eigenvalue weighted by Crippen LogP contribution is -2.38. The van der Waals surface area contributed by atoms with Gasteiger partial charge in [0.1, 0.15) is 5.56 Å². The summed E-state index contributed by atoms with van der Waals surface area (Å²) in [7, 11) is 0. The Morgan fingerprint density at radius 1 is 1.26 bits per heavy atom. The molecular formula is C20H23IN2O4. The largest absolute Gasteiger partial charge is 0.479 e. The lowest BCUT2D eigenvalue weighted by molar-refractivity contribution is -0.139. The van der Waals surface area contributed by atoms with E-state index < -0.39 is 17.9 Å². The van der Waals surface area contributed by atoms with E-state index in [1.807, 2.05) is 13.8 Å². The molecule has 1 aromatic heterocycles. The van der Waals surface area contributed by atoms with Crippen LogP contribution in [0.5, 0.6) is 0 Å². The van der Waals surface area contributed by atoms with Gasteiger partial charge in [-0.2, -0.15) is 0 Å². The summed E-state index contributed by atoms with van der Waals surface area (Å²) < 4.78 is 2.27. The highest BCUT2D eigenvalue weighted by Crippen LogP contribution is 2.16. The molecule has 0 radical (unpaired) electrons. The molecule has 0 fully saturated rings. The fourth-order valence-electron chi connectivity index (χ4n) is 2.84. The number of carbonyl (C=O) groups is 2. The number of hydrogen-bond acceptors (Lipinski definition) is 3. The second-order valence-corrected chi connectivity index (χ2v) is 7.03. The van der Waals surface area contributed by atoms with Gasteiger partial charge in [-0.05, 0) is 30.5 Å². The van der Waals surface area contributed by atoms with Crippen LogP contribution in [-0.2, 0) is 15.8 Å². The highest BCUT2D eigenvalue weighted by atomic mass is 127. The van der Waals surface area contributed by atoms with Crippen molar-refractivity contribution in [2.45, 2.75) is 43.7 Å². The number of pyridine rings is 1. The molecular weight excluding hydrogens is 459 g/mol. The number of carboxylic acid groups (broad SMARTS) is 1. The predicted octanol–water partition coefficient (Wildman–Crippen LogP) is 3.45. The molecule has 1 aromatic carbocycles. The van der Waals surface area contributed by atoms with Crippen LogP contribution in [0, 0.1) is 6.92 Å². The van der Waals surface area contributed by atoms with Crippen molar-refractivity contribution in [3.05, 3.63) is 69.1 Å². The van der Waals surface area contributed by atoms with E-state index in [1.165, 1.54) is 0 Å². The van der Waals surface area contributed by atoms with E-state index in [-0.39, 0.29) is 11.1 Å². The van der Waals surface area contributed by atoms with Gasteiger partial charge in [-0.15, -0.1) is 0 Å². The van der Waals surface area contributed by atoms with E-state index >= 15 is 0 Å². The number of carbonyl (C=O) groups excluding carboxylic acids is 1. The normalized spacial score (nSPS) is 11.8. The highest BCUT2D eigenvalue weighted by molar-refractivity contribution is 14.1. The minimum Gasteiger partial charge on any atom is -0.479 e. The van der Waals surface area contributed by atoms with Crippen LogP contribution in [0.15, 0.2) is 41.2 Å². The summed E-state index contributed by atoms with van der Waals surface area (Å²) in [5.41, 5.74) is 1.78. The van der Waals surface area contributed by atoms with Gasteiger partial charge in [-0.25, -0.2) is 4.79 Å². The maximum Gasteiger partial charge on any atom is 0.330 e. The number of carboxylic acids is 1. The average Bonchev–Trinajstić information content (AvgIpc) is 2.66. The molecule has 1 amide bonds. The van der Waals surface area contributed by atoms with Crippen LogP contribution < -0.4 is 10.9 Å². The number of unbranched alkanes of at least 4 members (excludes halogenated alkanes) is 1. The molecule has 1 atom stereocenters. The van der Waals surface area contributed by atoms with Crippen LogP contribution in [0.4, 0.5) is 0 Å². The quantitative estimate of drug-likeness (QED) is 0.446. The Morgan fingerprint density at radius 2 is 1.93 bits per heavy atom. The van der Waals surface area contributed by atoms with Crippen molar-refractivity contribution in [1.29, 1.82) is 0 Å². The summed E-state index contributed by atoms with van der Waals surface area (Å²) in [6.07, 6.45) is 1.76. The van der Waals surface area contributed by atoms with E-state index in [9.17, 15) is 19.5 Å². The van der Waals surface area contributed by atoms with Gasteiger partial charge in [-0.1, -0.05) is 66.3 Å². The Labute approximate surface area is 171 Å². The molecule has 0 bridgehead atoms. The maximum atomic E-state index is 12.8. The smallest absolute Gasteiger partial charge is 0.330 e. The van der Waals surface area contributed by atoms with E-state index in [0.717, 1.165) is 24.1 Å². The number of amides is 1. The summed E-state index contributed by atoms with van der Waals surface area (Å²) in [6.45, 7) is 4.44. The number of aliphatic carboxylic acids is 1. The first kappa shape index (κ1) is 21.1. The summed E-state index contributed by atoms with van der Waals surface area (Å²) in [5, 5.41) is 12.0. The van der Waals surface area contributed by atoms with E-state index in [1.54, 1.807) is 41.0 Å². The third-order valence-corrected chi connectivity index (χ3v) is 5.26. The van der Waals surface area contributed by atoms with Gasteiger partial charge in [-0.3, -0.25) is 9.59 Å². The molecule has 0 saturated heterocycles. The zero-order valence-corrected chi connectivity index (χ0v) is 17.5. The minimum atomic E-state index is -1.22. The number of halogens is 1. The first-order valence-corrected chi connectivity index (χ1v) is 10.3. The summed E-state index contributed by atoms with van der Waals surface area (Å²) in [6, 6.07) is 8.79. The molecule has 7 heteroatoms. The van der Waals surface area contributed by atoms with Crippen molar-refractivity contribution in [2.24, 2.45) is 0 Å². The van der Waals surface area contributed by atoms with Crippen molar-refractivity contribution < 1.29 is 14.7 Å². The van der Waals surface area contributed by atoms with Crippen LogP contribution in [0.25, 0.3) is 0 Å². The number of aromatic nitrogens is 1. The van der Waals surface area contributed by atoms with Gasteiger partial charge < -0.3 is 15.0 Å². The van der Waals surface area contributed by atoms with Gasteiger partial charge in [0, 0.05) is 16.7 Å². The Hall–Kier alpha value is -2.16. The number of nitrogens with zero attached hydrogens (tertiary/aromatic N) is 1. The summed E-state index contributed by atoms with van der Waals surface area (Å²) in [5.74, 6) is -1.85. The number of nitrogens with one attached hydrogen (secondary N) is 1. The molecule has 0 spiro atoms. The number of alkyl halides is 1. The van der Waals surface area contributed by atoms with Crippen molar-refractivity contribution in [2.75, 3.05) is 0 Å². The zero-order valence-electron chi connectivity index (χ0n) is 15.4. The third-order valence-electron chi connectivity index (χ3n) is 4.44. The highest BCUT2D eigenvalue weighted by Gasteiger charge is 2.25. The molecule has 0 saturated carbocycles. The van der Waals surface area contributed by atoms with E-state index in [0.29, 0.717) is 16.5 Å². The first-order chi connectivity index (χ1) is 12.9. The topological polar surface area (TPSA) is 88.4 Å².